The number of carboxylic acid groups (broad SMARTS) is 1. The molecule has 0 spiro atoms. The first-order valence-electron chi connectivity index (χ1n) is 7.10. The molecule has 5 heteroatoms. The molecule has 0 aromatic heterocycles. The molecule has 0 radical (unpaired) electrons. The summed E-state index contributed by atoms with van der Waals surface area (Å²) in [5, 5.41) is 14.6. The molecule has 1 aromatic rings. The summed E-state index contributed by atoms with van der Waals surface area (Å²) >= 11 is 0. The van der Waals surface area contributed by atoms with Gasteiger partial charge in [0.1, 0.15) is 6.04 Å². The largest absolute Gasteiger partial charge is 0.480 e. The zero-order valence-electron chi connectivity index (χ0n) is 13.0. The minimum absolute atomic E-state index is 0.138. The van der Waals surface area contributed by atoms with Crippen molar-refractivity contribution in [2.75, 3.05) is 0 Å². The van der Waals surface area contributed by atoms with Gasteiger partial charge in [-0.2, -0.15) is 0 Å². The van der Waals surface area contributed by atoms with E-state index in [1.165, 1.54) is 0 Å². The number of urea groups is 1. The van der Waals surface area contributed by atoms with Gasteiger partial charge < -0.3 is 15.7 Å². The number of nitrogens with one attached hydrogen (secondary N) is 2. The molecule has 5 nitrogen and oxygen atoms in total. The second-order valence-corrected chi connectivity index (χ2v) is 6.13. The highest BCUT2D eigenvalue weighted by Crippen LogP contribution is 2.20. The number of hydrogen-bond donors (Lipinski definition) is 3. The Kier molecular flexibility index (Phi) is 5.76. The minimum Gasteiger partial charge on any atom is -0.480 e. The first-order valence-corrected chi connectivity index (χ1v) is 7.10. The number of carboxylic acids is 1. The predicted octanol–water partition coefficient (Wildman–Crippen LogP) is 2.94. The maximum Gasteiger partial charge on any atom is 0.326 e. The van der Waals surface area contributed by atoms with Crippen molar-refractivity contribution in [3.63, 3.8) is 0 Å². The van der Waals surface area contributed by atoms with Gasteiger partial charge in [0.05, 0.1) is 6.04 Å². The molecule has 116 valence electrons. The molecule has 0 saturated carbocycles. The van der Waals surface area contributed by atoms with Crippen LogP contribution in [0.4, 0.5) is 4.79 Å². The molecule has 1 aromatic carbocycles. The minimum atomic E-state index is -1.04. The molecule has 21 heavy (non-hydrogen) atoms. The molecule has 0 saturated heterocycles. The lowest BCUT2D eigenvalue weighted by Gasteiger charge is -2.28. The van der Waals surface area contributed by atoms with Gasteiger partial charge in [-0.25, -0.2) is 9.59 Å². The zero-order valence-corrected chi connectivity index (χ0v) is 13.0. The monoisotopic (exact) mass is 292 g/mol. The van der Waals surface area contributed by atoms with E-state index in [9.17, 15) is 14.7 Å². The van der Waals surface area contributed by atoms with Gasteiger partial charge in [0, 0.05) is 0 Å². The molecule has 0 aliphatic rings. The summed E-state index contributed by atoms with van der Waals surface area (Å²) in [5.74, 6) is -1.04. The Morgan fingerprint density at radius 3 is 2.14 bits per heavy atom. The number of carbonyl (C=O) groups excluding carboxylic acids is 1. The van der Waals surface area contributed by atoms with Crippen LogP contribution in [0.5, 0.6) is 0 Å². The van der Waals surface area contributed by atoms with Gasteiger partial charge in [0.2, 0.25) is 0 Å². The lowest BCUT2D eigenvalue weighted by molar-refractivity contribution is -0.141. The third kappa shape index (κ3) is 5.10. The van der Waals surface area contributed by atoms with Crippen molar-refractivity contribution < 1.29 is 14.7 Å². The van der Waals surface area contributed by atoms with Crippen LogP contribution in [-0.4, -0.2) is 23.1 Å². The zero-order chi connectivity index (χ0) is 16.0. The highest BCUT2D eigenvalue weighted by Gasteiger charge is 2.32. The summed E-state index contributed by atoms with van der Waals surface area (Å²) in [4.78, 5) is 23.3. The fourth-order valence-electron chi connectivity index (χ4n) is 2.09. The Hall–Kier alpha value is -2.04. The van der Waals surface area contributed by atoms with Gasteiger partial charge >= 0.3 is 12.0 Å². The summed E-state index contributed by atoms with van der Waals surface area (Å²) in [7, 11) is 0. The van der Waals surface area contributed by atoms with Crippen molar-refractivity contribution in [1.82, 2.24) is 10.6 Å². The number of aliphatic carboxylic acids is 1. The molecule has 2 unspecified atom stereocenters. The number of benzene rings is 1. The molecule has 0 aliphatic carbocycles. The van der Waals surface area contributed by atoms with E-state index in [2.05, 4.69) is 10.6 Å². The molecular formula is C16H24N2O3. The van der Waals surface area contributed by atoms with E-state index in [1.807, 2.05) is 37.3 Å². The highest BCUT2D eigenvalue weighted by atomic mass is 16.4. The van der Waals surface area contributed by atoms with Gasteiger partial charge in [-0.3, -0.25) is 0 Å². The average molecular weight is 292 g/mol. The number of rotatable bonds is 5. The number of amides is 2. The lowest BCUT2D eigenvalue weighted by Crippen LogP contribution is -2.52. The fourth-order valence-corrected chi connectivity index (χ4v) is 2.09. The number of carbonyl (C=O) groups is 2. The van der Waals surface area contributed by atoms with Gasteiger partial charge in [0.15, 0.2) is 0 Å². The molecular weight excluding hydrogens is 268 g/mol. The normalized spacial score (nSPS) is 14.1. The van der Waals surface area contributed by atoms with Gasteiger partial charge in [0.25, 0.3) is 0 Å². The van der Waals surface area contributed by atoms with E-state index in [0.29, 0.717) is 0 Å². The Labute approximate surface area is 125 Å². The maximum atomic E-state index is 12.1. The molecule has 0 bridgehead atoms. The van der Waals surface area contributed by atoms with E-state index >= 15 is 0 Å². The van der Waals surface area contributed by atoms with Crippen LogP contribution in [0.2, 0.25) is 0 Å². The topological polar surface area (TPSA) is 78.4 Å². The van der Waals surface area contributed by atoms with Crippen molar-refractivity contribution in [2.45, 2.75) is 46.2 Å². The standard InChI is InChI=1S/C16H24N2O3/c1-5-12(11-9-7-6-8-10-11)17-15(21)18-13(14(19)20)16(2,3)4/h6-10,12-13H,5H2,1-4H3,(H,19,20)(H2,17,18,21). The predicted molar refractivity (Wildman–Crippen MR) is 82.0 cm³/mol. The SMILES string of the molecule is CCC(NC(=O)NC(C(=O)O)C(C)(C)C)c1ccccc1. The van der Waals surface area contributed by atoms with E-state index in [-0.39, 0.29) is 6.04 Å². The Balaban J connectivity index is 2.73. The Bertz CT molecular complexity index is 480. The van der Waals surface area contributed by atoms with Crippen LogP contribution >= 0.6 is 0 Å². The molecule has 0 aliphatic heterocycles. The van der Waals surface area contributed by atoms with Crippen LogP contribution in [-0.2, 0) is 4.79 Å². The van der Waals surface area contributed by atoms with Crippen molar-refractivity contribution in [1.29, 1.82) is 0 Å². The van der Waals surface area contributed by atoms with Crippen molar-refractivity contribution in [3.8, 4) is 0 Å². The summed E-state index contributed by atoms with van der Waals surface area (Å²) in [6.45, 7) is 7.30. The molecule has 2 atom stereocenters. The molecule has 1 rings (SSSR count). The van der Waals surface area contributed by atoms with E-state index < -0.39 is 23.5 Å². The van der Waals surface area contributed by atoms with E-state index in [0.717, 1.165) is 12.0 Å². The van der Waals surface area contributed by atoms with Crippen molar-refractivity contribution in [3.05, 3.63) is 35.9 Å². The fraction of sp³-hybridized carbons (Fsp3) is 0.500. The highest BCUT2D eigenvalue weighted by molar-refractivity contribution is 5.83. The second-order valence-electron chi connectivity index (χ2n) is 6.13. The maximum absolute atomic E-state index is 12.1. The van der Waals surface area contributed by atoms with Crippen LogP contribution < -0.4 is 10.6 Å². The number of hydrogen-bond acceptors (Lipinski definition) is 2. The lowest BCUT2D eigenvalue weighted by atomic mass is 9.87. The van der Waals surface area contributed by atoms with Gasteiger partial charge in [-0.1, -0.05) is 58.0 Å². The average Bonchev–Trinajstić information content (AvgIpc) is 2.41. The van der Waals surface area contributed by atoms with Crippen LogP contribution in [0.3, 0.4) is 0 Å². The Morgan fingerprint density at radius 1 is 1.14 bits per heavy atom. The molecule has 0 heterocycles. The van der Waals surface area contributed by atoms with Gasteiger partial charge in [-0.05, 0) is 17.4 Å². The summed E-state index contributed by atoms with van der Waals surface area (Å²) in [5.41, 5.74) is 0.440. The third-order valence-electron chi connectivity index (χ3n) is 3.30. The van der Waals surface area contributed by atoms with Crippen LogP contribution in [0, 0.1) is 5.41 Å². The quantitative estimate of drug-likeness (QED) is 0.780. The molecule has 3 N–H and O–H groups in total. The van der Waals surface area contributed by atoms with Crippen LogP contribution in [0.1, 0.15) is 45.7 Å². The molecule has 2 amide bonds. The molecule has 0 fully saturated rings. The summed E-state index contributed by atoms with van der Waals surface area (Å²) in [6.07, 6.45) is 0.727. The van der Waals surface area contributed by atoms with Crippen LogP contribution in [0.25, 0.3) is 0 Å². The second kappa shape index (κ2) is 7.11. The van der Waals surface area contributed by atoms with Crippen molar-refractivity contribution >= 4 is 12.0 Å². The summed E-state index contributed by atoms with van der Waals surface area (Å²) < 4.78 is 0. The van der Waals surface area contributed by atoms with E-state index in [4.69, 9.17) is 0 Å². The summed E-state index contributed by atoms with van der Waals surface area (Å²) in [6, 6.07) is 8.06. The smallest absolute Gasteiger partial charge is 0.326 e. The first-order chi connectivity index (χ1) is 9.75. The van der Waals surface area contributed by atoms with Crippen LogP contribution in [0.15, 0.2) is 30.3 Å². The Morgan fingerprint density at radius 2 is 1.71 bits per heavy atom. The first kappa shape index (κ1) is 17.0. The van der Waals surface area contributed by atoms with Gasteiger partial charge in [-0.15, -0.1) is 0 Å². The van der Waals surface area contributed by atoms with Crippen molar-refractivity contribution in [2.24, 2.45) is 5.41 Å². The van der Waals surface area contributed by atoms with E-state index in [1.54, 1.807) is 20.8 Å². The third-order valence-corrected chi connectivity index (χ3v) is 3.30.